The molecule has 0 fully saturated rings. The molecule has 4 rings (SSSR count). The summed E-state index contributed by atoms with van der Waals surface area (Å²) in [5.74, 6) is 0.749. The van der Waals surface area contributed by atoms with Gasteiger partial charge in [0.2, 0.25) is 17.0 Å². The molecule has 2 N–H and O–H groups in total. The van der Waals surface area contributed by atoms with Gasteiger partial charge in [0.15, 0.2) is 5.65 Å². The first kappa shape index (κ1) is 28.9. The lowest BCUT2D eigenvalue weighted by Gasteiger charge is -2.12. The molecule has 0 radical (unpaired) electrons. The van der Waals surface area contributed by atoms with Crippen LogP contribution >= 0.6 is 27.5 Å². The number of alkyl halides is 3. The second-order valence-electron chi connectivity index (χ2n) is 7.64. The zero-order valence-electron chi connectivity index (χ0n) is 19.5. The van der Waals surface area contributed by atoms with Crippen molar-refractivity contribution in [3.63, 3.8) is 0 Å². The number of nitrogens with one attached hydrogen (secondary N) is 2. The van der Waals surface area contributed by atoms with Crippen molar-refractivity contribution in [2.24, 2.45) is 0 Å². The molecule has 0 aliphatic heterocycles. The van der Waals surface area contributed by atoms with Crippen LogP contribution in [0.15, 0.2) is 70.2 Å². The van der Waals surface area contributed by atoms with Crippen LogP contribution in [0.5, 0.6) is 0 Å². The summed E-state index contributed by atoms with van der Waals surface area (Å²) in [5.41, 5.74) is 2.63. The van der Waals surface area contributed by atoms with E-state index in [1.165, 1.54) is 24.3 Å². The van der Waals surface area contributed by atoms with Crippen molar-refractivity contribution in [2.45, 2.75) is 24.4 Å². The second kappa shape index (κ2) is 13.8. The summed E-state index contributed by atoms with van der Waals surface area (Å²) >= 11 is 9.85. The minimum Gasteiger partial charge on any atom is -0.370 e. The highest BCUT2D eigenvalue weighted by Gasteiger charge is 2.14. The summed E-state index contributed by atoms with van der Waals surface area (Å²) in [6, 6.07) is 15.1. The first-order valence-corrected chi connectivity index (χ1v) is 13.8. The predicted octanol–water partition coefficient (Wildman–Crippen LogP) is 6.34. The summed E-state index contributed by atoms with van der Waals surface area (Å²) in [5, 5.41) is 8.33. The van der Waals surface area contributed by atoms with Gasteiger partial charge in [-0.25, -0.2) is 31.3 Å². The van der Waals surface area contributed by atoms with E-state index >= 15 is 0 Å². The molecular formula is C24H24BrClF3N5O2S. The van der Waals surface area contributed by atoms with Crippen LogP contribution in [-0.4, -0.2) is 43.0 Å². The standard InChI is InChI=1S/C23H22BrClFN5O2S.CH2F2/c24-19-15-28-31-22(13-21(30-23(19)31)18-5-1-2-6-20(18)25)27-11-3-4-12-29-34(32,33)17-9-7-16(14-26)8-10-17;2-1-3/h1-2,5-10,13,15,27,29H,3-4,11-12,14H2;1H2. The summed E-state index contributed by atoms with van der Waals surface area (Å²) in [4.78, 5) is 4.81. The monoisotopic (exact) mass is 617 g/mol. The number of fused-ring (bicyclic) bond motifs is 1. The number of hydrogen-bond donors (Lipinski definition) is 2. The van der Waals surface area contributed by atoms with Gasteiger partial charge in [-0.15, -0.1) is 0 Å². The molecule has 0 atom stereocenters. The van der Waals surface area contributed by atoms with Gasteiger partial charge in [0, 0.05) is 29.7 Å². The third kappa shape index (κ3) is 7.67. The van der Waals surface area contributed by atoms with Gasteiger partial charge in [0.05, 0.1) is 21.3 Å². The molecule has 2 heterocycles. The molecule has 37 heavy (non-hydrogen) atoms. The minimum absolute atomic E-state index is 0.123. The Hall–Kier alpha value is -2.67. The van der Waals surface area contributed by atoms with E-state index in [2.05, 4.69) is 36.1 Å². The lowest BCUT2D eigenvalue weighted by Crippen LogP contribution is -2.25. The van der Waals surface area contributed by atoms with Gasteiger partial charge >= 0.3 is 0 Å². The Balaban J connectivity index is 0.00000121. The highest BCUT2D eigenvalue weighted by Crippen LogP contribution is 2.30. The molecule has 0 aliphatic carbocycles. The molecular weight excluding hydrogens is 595 g/mol. The van der Waals surface area contributed by atoms with E-state index in [4.69, 9.17) is 11.6 Å². The summed E-state index contributed by atoms with van der Waals surface area (Å²) in [6.07, 6.45) is 3.03. The summed E-state index contributed by atoms with van der Waals surface area (Å²) < 4.78 is 61.7. The molecule has 0 unspecified atom stereocenters. The Morgan fingerprint density at radius 2 is 1.68 bits per heavy atom. The maximum Gasteiger partial charge on any atom is 0.240 e. The fraction of sp³-hybridized carbons (Fsp3) is 0.250. The topological polar surface area (TPSA) is 88.4 Å². The molecule has 198 valence electrons. The van der Waals surface area contributed by atoms with Crippen molar-refractivity contribution in [2.75, 3.05) is 25.3 Å². The van der Waals surface area contributed by atoms with Gasteiger partial charge < -0.3 is 5.32 Å². The molecule has 4 aromatic rings. The Labute approximate surface area is 226 Å². The van der Waals surface area contributed by atoms with Crippen LogP contribution in [0.1, 0.15) is 18.4 Å². The van der Waals surface area contributed by atoms with Crippen LogP contribution in [0.4, 0.5) is 19.0 Å². The molecule has 7 nitrogen and oxygen atoms in total. The van der Waals surface area contributed by atoms with Gasteiger partial charge in [-0.3, -0.25) is 0 Å². The molecule has 2 aromatic carbocycles. The number of nitrogens with zero attached hydrogens (tertiary/aromatic N) is 3. The maximum absolute atomic E-state index is 12.6. The average Bonchev–Trinajstić information content (AvgIpc) is 3.27. The quantitative estimate of drug-likeness (QED) is 0.203. The summed E-state index contributed by atoms with van der Waals surface area (Å²) in [7, 11) is -3.62. The van der Waals surface area contributed by atoms with Crippen molar-refractivity contribution in [3.05, 3.63) is 75.9 Å². The van der Waals surface area contributed by atoms with Crippen molar-refractivity contribution in [1.29, 1.82) is 0 Å². The van der Waals surface area contributed by atoms with Gasteiger partial charge in [0.1, 0.15) is 12.5 Å². The minimum atomic E-state index is -3.62. The van der Waals surface area contributed by atoms with Crippen LogP contribution in [0.2, 0.25) is 5.02 Å². The first-order valence-electron chi connectivity index (χ1n) is 11.1. The van der Waals surface area contributed by atoms with Gasteiger partial charge in [-0.05, 0) is 52.5 Å². The predicted molar refractivity (Wildman–Crippen MR) is 142 cm³/mol. The van der Waals surface area contributed by atoms with Crippen molar-refractivity contribution in [3.8, 4) is 11.3 Å². The number of unbranched alkanes of at least 4 members (excludes halogenated alkanes) is 1. The zero-order chi connectivity index (χ0) is 26.8. The Morgan fingerprint density at radius 1 is 1.00 bits per heavy atom. The van der Waals surface area contributed by atoms with Crippen LogP contribution in [0.25, 0.3) is 16.9 Å². The van der Waals surface area contributed by atoms with Crippen LogP contribution < -0.4 is 10.0 Å². The Morgan fingerprint density at radius 3 is 2.35 bits per heavy atom. The lowest BCUT2D eigenvalue weighted by atomic mass is 10.1. The van der Waals surface area contributed by atoms with E-state index in [0.29, 0.717) is 41.4 Å². The van der Waals surface area contributed by atoms with Gasteiger partial charge in [-0.1, -0.05) is 41.9 Å². The molecule has 0 spiro atoms. The smallest absolute Gasteiger partial charge is 0.240 e. The molecule has 0 bridgehead atoms. The largest absolute Gasteiger partial charge is 0.370 e. The molecule has 0 amide bonds. The van der Waals surface area contributed by atoms with Gasteiger partial charge in [-0.2, -0.15) is 9.61 Å². The maximum atomic E-state index is 12.6. The fourth-order valence-electron chi connectivity index (χ4n) is 3.38. The Kier molecular flexibility index (Phi) is 10.7. The van der Waals surface area contributed by atoms with E-state index in [1.54, 1.807) is 10.7 Å². The van der Waals surface area contributed by atoms with E-state index in [9.17, 15) is 21.6 Å². The molecule has 0 saturated carbocycles. The number of hydrogen-bond acceptors (Lipinski definition) is 5. The molecule has 0 aliphatic rings. The van der Waals surface area contributed by atoms with E-state index < -0.39 is 23.6 Å². The Bertz CT molecular complexity index is 1420. The van der Waals surface area contributed by atoms with Crippen molar-refractivity contribution < 1.29 is 21.6 Å². The van der Waals surface area contributed by atoms with Crippen molar-refractivity contribution >= 4 is 49.0 Å². The highest BCUT2D eigenvalue weighted by atomic mass is 79.9. The van der Waals surface area contributed by atoms with Crippen molar-refractivity contribution in [1.82, 2.24) is 19.3 Å². The molecule has 2 aromatic heterocycles. The average molecular weight is 619 g/mol. The van der Waals surface area contributed by atoms with Crippen LogP contribution in [-0.2, 0) is 16.7 Å². The van der Waals surface area contributed by atoms with Crippen LogP contribution in [0, 0.1) is 0 Å². The number of rotatable bonds is 10. The lowest BCUT2D eigenvalue weighted by molar-refractivity contribution is 0.295. The molecule has 0 saturated heterocycles. The number of anilines is 1. The van der Waals surface area contributed by atoms with E-state index in [-0.39, 0.29) is 4.90 Å². The van der Waals surface area contributed by atoms with Gasteiger partial charge in [0.25, 0.3) is 0 Å². The summed E-state index contributed by atoms with van der Waals surface area (Å²) in [6.45, 7) is -1.48. The molecule has 13 heteroatoms. The number of benzene rings is 2. The number of sulfonamides is 1. The third-order valence-electron chi connectivity index (χ3n) is 5.17. The number of aromatic nitrogens is 3. The fourth-order valence-corrected chi connectivity index (χ4v) is 5.04. The van der Waals surface area contributed by atoms with E-state index in [1.807, 2.05) is 30.3 Å². The third-order valence-corrected chi connectivity index (χ3v) is 7.53. The first-order chi connectivity index (χ1) is 17.8. The van der Waals surface area contributed by atoms with E-state index in [0.717, 1.165) is 22.3 Å². The zero-order valence-corrected chi connectivity index (χ0v) is 22.6. The van der Waals surface area contributed by atoms with Crippen LogP contribution in [0.3, 0.4) is 0 Å². The normalized spacial score (nSPS) is 11.3. The SMILES string of the molecule is FCF.O=S(=O)(NCCCCNc1cc(-c2ccccc2Cl)nc2c(Br)cnn12)c1ccc(CF)cc1. The highest BCUT2D eigenvalue weighted by molar-refractivity contribution is 9.10. The second-order valence-corrected chi connectivity index (χ2v) is 10.7. The number of halogens is 5.